The third-order valence-corrected chi connectivity index (χ3v) is 6.95. The highest BCUT2D eigenvalue weighted by Gasteiger charge is 2.61. The summed E-state index contributed by atoms with van der Waals surface area (Å²) in [6.45, 7) is 8.07. The van der Waals surface area contributed by atoms with E-state index in [2.05, 4.69) is 16.3 Å². The van der Waals surface area contributed by atoms with Crippen molar-refractivity contribution in [3.05, 3.63) is 23.8 Å². The number of benzene rings is 1. The molecule has 0 radical (unpaired) electrons. The number of carbonyl (C=O) groups is 4. The van der Waals surface area contributed by atoms with Crippen LogP contribution in [-0.4, -0.2) is 66.5 Å². The zero-order valence-corrected chi connectivity index (χ0v) is 19.3. The van der Waals surface area contributed by atoms with Crippen LogP contribution in [0.25, 0.3) is 0 Å². The van der Waals surface area contributed by atoms with Crippen molar-refractivity contribution in [3.63, 3.8) is 0 Å². The van der Waals surface area contributed by atoms with Crippen LogP contribution in [0.3, 0.4) is 0 Å². The highest BCUT2D eigenvalue weighted by molar-refractivity contribution is 6.15. The number of carbonyl (C=O) groups excluding carboxylic acids is 4. The summed E-state index contributed by atoms with van der Waals surface area (Å²) in [6.07, 6.45) is 1.85. The molecule has 1 aromatic rings. The van der Waals surface area contributed by atoms with Gasteiger partial charge in [-0.1, -0.05) is 0 Å². The van der Waals surface area contributed by atoms with E-state index >= 15 is 0 Å². The van der Waals surface area contributed by atoms with Crippen molar-refractivity contribution in [2.75, 3.05) is 36.0 Å². The minimum atomic E-state index is -0.642. The molecule has 9 heteroatoms. The molecule has 3 aliphatic heterocycles. The normalized spacial score (nSPS) is 24.2. The summed E-state index contributed by atoms with van der Waals surface area (Å²) >= 11 is 0. The van der Waals surface area contributed by atoms with Gasteiger partial charge < -0.3 is 14.5 Å². The van der Waals surface area contributed by atoms with E-state index in [1.165, 1.54) is 0 Å². The van der Waals surface area contributed by atoms with Gasteiger partial charge in [0.25, 0.3) is 0 Å². The summed E-state index contributed by atoms with van der Waals surface area (Å²) in [5.74, 6) is -0.713. The van der Waals surface area contributed by atoms with E-state index in [0.29, 0.717) is 32.6 Å². The molecule has 4 aliphatic rings. The van der Waals surface area contributed by atoms with Gasteiger partial charge in [-0.3, -0.25) is 24.6 Å². The van der Waals surface area contributed by atoms with E-state index < -0.39 is 23.0 Å². The zero-order valence-electron chi connectivity index (χ0n) is 19.3. The molecule has 5 rings (SSSR count). The molecule has 0 aromatic heterocycles. The average Bonchev–Trinajstić information content (AvgIpc) is 3.52. The molecule has 1 atom stereocenters. The Hall–Kier alpha value is -3.10. The molecule has 9 nitrogen and oxygen atoms in total. The number of rotatable bonds is 2. The van der Waals surface area contributed by atoms with Gasteiger partial charge in [0.05, 0.1) is 5.41 Å². The Balaban J connectivity index is 1.34. The van der Waals surface area contributed by atoms with Crippen molar-refractivity contribution >= 4 is 35.2 Å². The molecule has 33 heavy (non-hydrogen) atoms. The number of anilines is 2. The largest absolute Gasteiger partial charge is 0.444 e. The highest BCUT2D eigenvalue weighted by atomic mass is 16.6. The number of ether oxygens (including phenoxy) is 1. The summed E-state index contributed by atoms with van der Waals surface area (Å²) in [7, 11) is 0. The molecule has 2 saturated heterocycles. The van der Waals surface area contributed by atoms with Crippen LogP contribution in [0.15, 0.2) is 18.2 Å². The summed E-state index contributed by atoms with van der Waals surface area (Å²) in [6, 6.07) is 5.35. The first-order chi connectivity index (χ1) is 15.6. The molecule has 1 aliphatic carbocycles. The van der Waals surface area contributed by atoms with E-state index in [1.807, 2.05) is 32.9 Å². The minimum Gasteiger partial charge on any atom is -0.444 e. The van der Waals surface area contributed by atoms with Gasteiger partial charge >= 0.3 is 6.09 Å². The molecule has 0 bridgehead atoms. The third-order valence-electron chi connectivity index (χ3n) is 6.95. The SMILES string of the molecule is CC(C)(C)OC(=O)N1CCN(c2ccc3c(c2)C2(CC2)C(=O)N3C2CCC(=O)NC2=O)CC1. The van der Waals surface area contributed by atoms with Crippen molar-refractivity contribution in [3.8, 4) is 0 Å². The third kappa shape index (κ3) is 3.73. The number of hydrogen-bond acceptors (Lipinski definition) is 6. The standard InChI is InChI=1S/C24H30N4O5/c1-23(2,3)33-22(32)27-12-10-26(11-13-27)15-4-5-17-16(14-15)24(8-9-24)21(31)28(17)18-6-7-19(29)25-20(18)30/h4-5,14,18H,6-13H2,1-3H3,(H,25,29,30). The van der Waals surface area contributed by atoms with Crippen LogP contribution in [0, 0.1) is 0 Å². The van der Waals surface area contributed by atoms with Gasteiger partial charge in [-0.15, -0.1) is 0 Å². The van der Waals surface area contributed by atoms with Crippen LogP contribution in [0.1, 0.15) is 52.0 Å². The lowest BCUT2D eigenvalue weighted by atomic mass is 9.97. The van der Waals surface area contributed by atoms with Crippen molar-refractivity contribution < 1.29 is 23.9 Å². The first kappa shape index (κ1) is 21.7. The number of piperidine rings is 1. The van der Waals surface area contributed by atoms with Gasteiger partial charge in [0.2, 0.25) is 17.7 Å². The summed E-state index contributed by atoms with van der Waals surface area (Å²) in [4.78, 5) is 55.4. The zero-order chi connectivity index (χ0) is 23.5. The van der Waals surface area contributed by atoms with Crippen LogP contribution in [0.5, 0.6) is 0 Å². The fourth-order valence-electron chi connectivity index (χ4n) is 5.09. The number of nitrogens with zero attached hydrogens (tertiary/aromatic N) is 3. The number of piperazine rings is 1. The molecule has 1 saturated carbocycles. The minimum absolute atomic E-state index is 0.0288. The number of fused-ring (bicyclic) bond motifs is 2. The fraction of sp³-hybridized carbons (Fsp3) is 0.583. The van der Waals surface area contributed by atoms with Gasteiger partial charge in [-0.2, -0.15) is 0 Å². The summed E-state index contributed by atoms with van der Waals surface area (Å²) in [5.41, 5.74) is 1.72. The predicted molar refractivity (Wildman–Crippen MR) is 121 cm³/mol. The molecular weight excluding hydrogens is 424 g/mol. The Morgan fingerprint density at radius 1 is 1.09 bits per heavy atom. The van der Waals surface area contributed by atoms with E-state index in [9.17, 15) is 19.2 Å². The molecule has 3 heterocycles. The molecular formula is C24H30N4O5. The molecule has 1 unspecified atom stereocenters. The second-order valence-corrected chi connectivity index (χ2v) is 10.4. The lowest BCUT2D eigenvalue weighted by Crippen LogP contribution is -2.54. The molecule has 4 amide bonds. The average molecular weight is 455 g/mol. The van der Waals surface area contributed by atoms with Gasteiger partial charge in [-0.05, 0) is 63.8 Å². The maximum absolute atomic E-state index is 13.4. The van der Waals surface area contributed by atoms with Crippen LogP contribution < -0.4 is 15.1 Å². The van der Waals surface area contributed by atoms with Gasteiger partial charge in [-0.25, -0.2) is 4.79 Å². The van der Waals surface area contributed by atoms with E-state index in [-0.39, 0.29) is 24.3 Å². The second kappa shape index (κ2) is 7.46. The Kier molecular flexibility index (Phi) is 4.91. The van der Waals surface area contributed by atoms with Crippen molar-refractivity contribution in [1.82, 2.24) is 10.2 Å². The van der Waals surface area contributed by atoms with Gasteiger partial charge in [0.15, 0.2) is 0 Å². The van der Waals surface area contributed by atoms with Crippen molar-refractivity contribution in [1.29, 1.82) is 0 Å². The highest BCUT2D eigenvalue weighted by Crippen LogP contribution is 2.58. The Morgan fingerprint density at radius 3 is 2.39 bits per heavy atom. The first-order valence-corrected chi connectivity index (χ1v) is 11.6. The van der Waals surface area contributed by atoms with E-state index in [0.717, 1.165) is 29.8 Å². The number of imide groups is 1. The van der Waals surface area contributed by atoms with Crippen molar-refractivity contribution in [2.45, 2.75) is 63.5 Å². The lowest BCUT2D eigenvalue weighted by Gasteiger charge is -2.37. The van der Waals surface area contributed by atoms with Crippen LogP contribution >= 0.6 is 0 Å². The van der Waals surface area contributed by atoms with Crippen LogP contribution in [-0.2, 0) is 24.5 Å². The molecule has 176 valence electrons. The molecule has 1 N–H and O–H groups in total. The Bertz CT molecular complexity index is 1030. The van der Waals surface area contributed by atoms with Crippen LogP contribution in [0.4, 0.5) is 16.2 Å². The number of nitrogens with one attached hydrogen (secondary N) is 1. The lowest BCUT2D eigenvalue weighted by molar-refractivity contribution is -0.135. The van der Waals surface area contributed by atoms with E-state index in [1.54, 1.807) is 9.80 Å². The Labute approximate surface area is 193 Å². The monoisotopic (exact) mass is 454 g/mol. The Morgan fingerprint density at radius 2 is 1.79 bits per heavy atom. The molecule has 1 spiro atoms. The summed E-state index contributed by atoms with van der Waals surface area (Å²) < 4.78 is 5.48. The van der Waals surface area contributed by atoms with Crippen LogP contribution in [0.2, 0.25) is 0 Å². The van der Waals surface area contributed by atoms with Gasteiger partial charge in [0.1, 0.15) is 11.6 Å². The first-order valence-electron chi connectivity index (χ1n) is 11.6. The van der Waals surface area contributed by atoms with E-state index in [4.69, 9.17) is 4.74 Å². The number of amides is 4. The summed E-state index contributed by atoms with van der Waals surface area (Å²) in [5, 5.41) is 2.37. The second-order valence-electron chi connectivity index (χ2n) is 10.4. The molecule has 3 fully saturated rings. The number of hydrogen-bond donors (Lipinski definition) is 1. The quantitative estimate of drug-likeness (QED) is 0.686. The maximum atomic E-state index is 13.4. The van der Waals surface area contributed by atoms with Crippen molar-refractivity contribution in [2.24, 2.45) is 0 Å². The van der Waals surface area contributed by atoms with Gasteiger partial charge in [0, 0.05) is 44.0 Å². The smallest absolute Gasteiger partial charge is 0.410 e. The maximum Gasteiger partial charge on any atom is 0.410 e. The topological polar surface area (TPSA) is 99.3 Å². The molecule has 1 aromatic carbocycles. The fourth-order valence-corrected chi connectivity index (χ4v) is 5.09. The predicted octanol–water partition coefficient (Wildman–Crippen LogP) is 1.93.